The van der Waals surface area contributed by atoms with Crippen molar-refractivity contribution in [2.75, 3.05) is 26.2 Å². The van der Waals surface area contributed by atoms with E-state index in [2.05, 4.69) is 0 Å². The van der Waals surface area contributed by atoms with Crippen molar-refractivity contribution in [2.24, 2.45) is 5.92 Å². The molecule has 0 aromatic heterocycles. The van der Waals surface area contributed by atoms with Crippen LogP contribution in [-0.2, 0) is 10.2 Å². The van der Waals surface area contributed by atoms with Gasteiger partial charge in [0.25, 0.3) is 10.2 Å². The van der Waals surface area contributed by atoms with Gasteiger partial charge in [0.1, 0.15) is 0 Å². The average molecular weight is 204 g/mol. The number of hydrogen-bond acceptors (Lipinski definition) is 2. The van der Waals surface area contributed by atoms with Crippen LogP contribution in [0.25, 0.3) is 0 Å². The first-order chi connectivity index (χ1) is 6.14. The fraction of sp³-hybridized carbons (Fsp3) is 1.00. The van der Waals surface area contributed by atoms with E-state index in [0.717, 1.165) is 6.54 Å². The summed E-state index contributed by atoms with van der Waals surface area (Å²) in [6.45, 7) is 4.60. The van der Waals surface area contributed by atoms with E-state index in [1.807, 2.05) is 6.92 Å². The molecule has 0 radical (unpaired) electrons. The van der Waals surface area contributed by atoms with Crippen LogP contribution in [0.4, 0.5) is 0 Å². The summed E-state index contributed by atoms with van der Waals surface area (Å²) in [5.74, 6) is 0.645. The number of hydrogen-bond donors (Lipinski definition) is 0. The molecule has 13 heavy (non-hydrogen) atoms. The smallest absolute Gasteiger partial charge is 0.195 e. The molecule has 1 saturated heterocycles. The highest BCUT2D eigenvalue weighted by Crippen LogP contribution is 2.31. The summed E-state index contributed by atoms with van der Waals surface area (Å²) >= 11 is 0. The van der Waals surface area contributed by atoms with Gasteiger partial charge in [-0.2, -0.15) is 17.0 Å². The van der Waals surface area contributed by atoms with Crippen LogP contribution in [-0.4, -0.2) is 43.2 Å². The zero-order chi connectivity index (χ0) is 9.47. The lowest BCUT2D eigenvalue weighted by Gasteiger charge is -2.16. The third kappa shape index (κ3) is 1.73. The van der Waals surface area contributed by atoms with Gasteiger partial charge in [0, 0.05) is 26.2 Å². The van der Waals surface area contributed by atoms with E-state index >= 15 is 0 Å². The Labute approximate surface area is 79.7 Å². The van der Waals surface area contributed by atoms with Crippen LogP contribution in [0.3, 0.4) is 0 Å². The van der Waals surface area contributed by atoms with E-state index in [1.54, 1.807) is 8.61 Å². The second kappa shape index (κ2) is 3.22. The van der Waals surface area contributed by atoms with Gasteiger partial charge in [-0.25, -0.2) is 0 Å². The van der Waals surface area contributed by atoms with Gasteiger partial charge < -0.3 is 0 Å². The van der Waals surface area contributed by atoms with Crippen molar-refractivity contribution < 1.29 is 8.42 Å². The Morgan fingerprint density at radius 3 is 2.31 bits per heavy atom. The Balaban J connectivity index is 2.04. The van der Waals surface area contributed by atoms with Crippen molar-refractivity contribution in [3.05, 3.63) is 0 Å². The molecule has 1 aliphatic carbocycles. The second-order valence-electron chi connectivity index (χ2n) is 3.80. The van der Waals surface area contributed by atoms with E-state index < -0.39 is 10.2 Å². The Hall–Kier alpha value is -0.130. The quantitative estimate of drug-likeness (QED) is 0.662. The Morgan fingerprint density at radius 1 is 1.23 bits per heavy atom. The maximum Gasteiger partial charge on any atom is 0.282 e. The topological polar surface area (TPSA) is 40.6 Å². The van der Waals surface area contributed by atoms with E-state index in [4.69, 9.17) is 0 Å². The summed E-state index contributed by atoms with van der Waals surface area (Å²) in [5, 5.41) is 0. The standard InChI is InChI=1S/C8H16N2O2S/c1-2-9-5-6-10(13(9,11)12)7-8-3-4-8/h8H,2-7H2,1H3. The molecule has 2 aliphatic rings. The minimum absolute atomic E-state index is 0.601. The summed E-state index contributed by atoms with van der Waals surface area (Å²) in [6.07, 6.45) is 2.41. The zero-order valence-corrected chi connectivity index (χ0v) is 8.76. The fourth-order valence-corrected chi connectivity index (χ4v) is 3.39. The van der Waals surface area contributed by atoms with Crippen molar-refractivity contribution >= 4 is 10.2 Å². The molecule has 76 valence electrons. The Morgan fingerprint density at radius 2 is 1.85 bits per heavy atom. The molecule has 0 N–H and O–H groups in total. The summed E-state index contributed by atoms with van der Waals surface area (Å²) in [5.41, 5.74) is 0. The van der Waals surface area contributed by atoms with Crippen LogP contribution in [0.5, 0.6) is 0 Å². The van der Waals surface area contributed by atoms with Crippen molar-refractivity contribution in [3.8, 4) is 0 Å². The molecular weight excluding hydrogens is 188 g/mol. The number of rotatable bonds is 3. The van der Waals surface area contributed by atoms with Gasteiger partial charge in [0.2, 0.25) is 0 Å². The predicted molar refractivity (Wildman–Crippen MR) is 50.5 cm³/mol. The van der Waals surface area contributed by atoms with E-state index in [1.165, 1.54) is 12.8 Å². The number of likely N-dealkylation sites (N-methyl/N-ethyl adjacent to an activating group) is 1. The van der Waals surface area contributed by atoms with Crippen molar-refractivity contribution in [1.29, 1.82) is 0 Å². The minimum atomic E-state index is -3.07. The van der Waals surface area contributed by atoms with Crippen LogP contribution in [0.15, 0.2) is 0 Å². The summed E-state index contributed by atoms with van der Waals surface area (Å²) < 4.78 is 26.7. The molecule has 0 amide bonds. The molecule has 2 rings (SSSR count). The van der Waals surface area contributed by atoms with Crippen LogP contribution < -0.4 is 0 Å². The molecule has 1 saturated carbocycles. The van der Waals surface area contributed by atoms with Gasteiger partial charge in [-0.1, -0.05) is 6.92 Å². The third-order valence-electron chi connectivity index (χ3n) is 2.76. The SMILES string of the molecule is CCN1CCN(CC2CC2)S1(=O)=O. The molecule has 5 heteroatoms. The molecular formula is C8H16N2O2S. The molecule has 2 fully saturated rings. The second-order valence-corrected chi connectivity index (χ2v) is 5.73. The van der Waals surface area contributed by atoms with Crippen molar-refractivity contribution in [3.63, 3.8) is 0 Å². The van der Waals surface area contributed by atoms with Crippen molar-refractivity contribution in [1.82, 2.24) is 8.61 Å². The van der Waals surface area contributed by atoms with E-state index in [-0.39, 0.29) is 0 Å². The molecule has 4 nitrogen and oxygen atoms in total. The third-order valence-corrected chi connectivity index (χ3v) is 4.84. The molecule has 0 bridgehead atoms. The molecule has 1 heterocycles. The highest BCUT2D eigenvalue weighted by Gasteiger charge is 2.38. The Bertz CT molecular complexity index is 285. The average Bonchev–Trinajstić information content (AvgIpc) is 2.81. The molecule has 1 aliphatic heterocycles. The van der Waals surface area contributed by atoms with Crippen LogP contribution in [0.1, 0.15) is 19.8 Å². The fourth-order valence-electron chi connectivity index (χ4n) is 1.71. The van der Waals surface area contributed by atoms with Crippen LogP contribution >= 0.6 is 0 Å². The van der Waals surface area contributed by atoms with Crippen LogP contribution in [0.2, 0.25) is 0 Å². The highest BCUT2D eigenvalue weighted by molar-refractivity contribution is 7.87. The first-order valence-corrected chi connectivity index (χ1v) is 6.29. The Kier molecular flexibility index (Phi) is 2.33. The largest absolute Gasteiger partial charge is 0.282 e. The molecule has 0 spiro atoms. The van der Waals surface area contributed by atoms with Gasteiger partial charge in [0.15, 0.2) is 0 Å². The highest BCUT2D eigenvalue weighted by atomic mass is 32.2. The van der Waals surface area contributed by atoms with Gasteiger partial charge in [-0.15, -0.1) is 0 Å². The lowest BCUT2D eigenvalue weighted by atomic mass is 10.4. The first-order valence-electron chi connectivity index (χ1n) is 4.90. The maximum absolute atomic E-state index is 11.7. The first kappa shape index (κ1) is 9.43. The van der Waals surface area contributed by atoms with E-state index in [0.29, 0.717) is 25.6 Å². The number of nitrogens with zero attached hydrogens (tertiary/aromatic N) is 2. The summed E-state index contributed by atoms with van der Waals surface area (Å²) in [6, 6.07) is 0. The lowest BCUT2D eigenvalue weighted by molar-refractivity contribution is 0.431. The molecule has 0 atom stereocenters. The van der Waals surface area contributed by atoms with Gasteiger partial charge in [-0.3, -0.25) is 0 Å². The van der Waals surface area contributed by atoms with Crippen molar-refractivity contribution in [2.45, 2.75) is 19.8 Å². The minimum Gasteiger partial charge on any atom is -0.195 e. The van der Waals surface area contributed by atoms with Gasteiger partial charge in [0.05, 0.1) is 0 Å². The van der Waals surface area contributed by atoms with Crippen LogP contribution in [0, 0.1) is 5.92 Å². The van der Waals surface area contributed by atoms with Gasteiger partial charge >= 0.3 is 0 Å². The predicted octanol–water partition coefficient (Wildman–Crippen LogP) is 0.279. The molecule has 0 aromatic rings. The maximum atomic E-state index is 11.7. The monoisotopic (exact) mass is 204 g/mol. The van der Waals surface area contributed by atoms with E-state index in [9.17, 15) is 8.42 Å². The zero-order valence-electron chi connectivity index (χ0n) is 7.94. The van der Waals surface area contributed by atoms with Gasteiger partial charge in [-0.05, 0) is 18.8 Å². The normalized spacial score (nSPS) is 29.6. The molecule has 0 aromatic carbocycles. The molecule has 0 unspecified atom stereocenters. The summed E-state index contributed by atoms with van der Waals surface area (Å²) in [4.78, 5) is 0. The lowest BCUT2D eigenvalue weighted by Crippen LogP contribution is -2.34. The summed E-state index contributed by atoms with van der Waals surface area (Å²) in [7, 11) is -3.07.